The van der Waals surface area contributed by atoms with Gasteiger partial charge in [-0.05, 0) is 64.8 Å². The summed E-state index contributed by atoms with van der Waals surface area (Å²) in [5.41, 5.74) is 0.512. The highest BCUT2D eigenvalue weighted by atomic mass is 79.9. The average molecular weight is 467 g/mol. The number of amides is 1. The normalized spacial score (nSPS) is 11.2. The van der Waals surface area contributed by atoms with Gasteiger partial charge in [0.2, 0.25) is 5.91 Å². The zero-order chi connectivity index (χ0) is 18.6. The Bertz CT molecular complexity index is 883. The molecule has 25 heavy (non-hydrogen) atoms. The lowest BCUT2D eigenvalue weighted by atomic mass is 10.1. The van der Waals surface area contributed by atoms with Crippen LogP contribution in [-0.4, -0.2) is 20.9 Å². The fraction of sp³-hybridized carbons (Fsp3) is 0.188. The highest BCUT2D eigenvalue weighted by Crippen LogP contribution is 2.28. The largest absolute Gasteiger partial charge is 0.493 e. The predicted octanol–water partition coefficient (Wildman–Crippen LogP) is 4.20. The molecule has 0 aliphatic rings. The molecule has 2 aromatic carbocycles. The minimum absolute atomic E-state index is 0.0553. The standard InChI is InChI=1S/C16H14BrCl2NO4S/c1-2-24-15-4-3-13(9-14(15)17)25(22,23)20-16(21)7-10-5-11(18)8-12(19)6-10/h3-6,8-9H,2,7H2,1H3,(H,20,21). The van der Waals surface area contributed by atoms with Crippen molar-refractivity contribution in [1.29, 1.82) is 0 Å². The Balaban J connectivity index is 2.14. The minimum atomic E-state index is -4.01. The van der Waals surface area contributed by atoms with E-state index in [2.05, 4.69) is 15.9 Å². The van der Waals surface area contributed by atoms with Gasteiger partial charge >= 0.3 is 0 Å². The van der Waals surface area contributed by atoms with Crippen LogP contribution in [0.15, 0.2) is 45.8 Å². The molecule has 0 aromatic heterocycles. The van der Waals surface area contributed by atoms with Crippen molar-refractivity contribution in [3.05, 3.63) is 56.5 Å². The first-order chi connectivity index (χ1) is 11.7. The Labute approximate surface area is 164 Å². The fourth-order valence-corrected chi connectivity index (χ4v) is 4.29. The molecule has 9 heteroatoms. The topological polar surface area (TPSA) is 72.5 Å². The molecule has 2 rings (SSSR count). The number of carbonyl (C=O) groups excluding carboxylic acids is 1. The molecule has 0 unspecified atom stereocenters. The van der Waals surface area contributed by atoms with Crippen molar-refractivity contribution in [2.75, 3.05) is 6.61 Å². The van der Waals surface area contributed by atoms with Crippen LogP contribution in [0.2, 0.25) is 10.0 Å². The van der Waals surface area contributed by atoms with Crippen molar-refractivity contribution in [3.8, 4) is 5.75 Å². The lowest BCUT2D eigenvalue weighted by molar-refractivity contribution is -0.118. The zero-order valence-electron chi connectivity index (χ0n) is 13.1. The molecular weight excluding hydrogens is 453 g/mol. The summed E-state index contributed by atoms with van der Waals surface area (Å²) in [6, 6.07) is 8.88. The van der Waals surface area contributed by atoms with Gasteiger partial charge in [-0.2, -0.15) is 0 Å². The minimum Gasteiger partial charge on any atom is -0.493 e. The molecule has 0 aliphatic carbocycles. The lowest BCUT2D eigenvalue weighted by Crippen LogP contribution is -2.31. The van der Waals surface area contributed by atoms with Crippen molar-refractivity contribution in [3.63, 3.8) is 0 Å². The molecule has 0 bridgehead atoms. The van der Waals surface area contributed by atoms with Gasteiger partial charge < -0.3 is 4.74 Å². The van der Waals surface area contributed by atoms with Gasteiger partial charge in [-0.3, -0.25) is 4.79 Å². The zero-order valence-corrected chi connectivity index (χ0v) is 17.0. The van der Waals surface area contributed by atoms with Crippen LogP contribution >= 0.6 is 39.1 Å². The lowest BCUT2D eigenvalue weighted by Gasteiger charge is -2.10. The maximum absolute atomic E-state index is 12.3. The summed E-state index contributed by atoms with van der Waals surface area (Å²) in [4.78, 5) is 12.0. The van der Waals surface area contributed by atoms with Crippen LogP contribution in [0.4, 0.5) is 0 Å². The van der Waals surface area contributed by atoms with Crippen molar-refractivity contribution in [2.24, 2.45) is 0 Å². The molecule has 1 N–H and O–H groups in total. The molecule has 0 aliphatic heterocycles. The smallest absolute Gasteiger partial charge is 0.264 e. The second-order valence-corrected chi connectivity index (χ2v) is 8.42. The van der Waals surface area contributed by atoms with Crippen LogP contribution in [0.1, 0.15) is 12.5 Å². The predicted molar refractivity (Wildman–Crippen MR) is 101 cm³/mol. The number of hydrogen-bond acceptors (Lipinski definition) is 4. The van der Waals surface area contributed by atoms with Crippen molar-refractivity contribution >= 4 is 55.1 Å². The summed E-state index contributed by atoms with van der Waals surface area (Å²) < 4.78 is 32.5. The maximum Gasteiger partial charge on any atom is 0.264 e. The summed E-state index contributed by atoms with van der Waals surface area (Å²) in [5.74, 6) is -0.176. The number of hydrogen-bond donors (Lipinski definition) is 1. The summed E-state index contributed by atoms with van der Waals surface area (Å²) in [5, 5.41) is 0.738. The summed E-state index contributed by atoms with van der Waals surface area (Å²) >= 11 is 15.0. The molecule has 0 atom stereocenters. The number of sulfonamides is 1. The highest BCUT2D eigenvalue weighted by Gasteiger charge is 2.19. The third-order valence-corrected chi connectivity index (χ3v) is 5.48. The maximum atomic E-state index is 12.3. The van der Waals surface area contributed by atoms with Gasteiger partial charge in [-0.1, -0.05) is 23.2 Å². The molecule has 1 amide bonds. The van der Waals surface area contributed by atoms with Gasteiger partial charge in [-0.15, -0.1) is 0 Å². The van der Waals surface area contributed by atoms with E-state index in [4.69, 9.17) is 27.9 Å². The number of ether oxygens (including phenoxy) is 1. The Morgan fingerprint density at radius 2 is 1.80 bits per heavy atom. The Morgan fingerprint density at radius 1 is 1.16 bits per heavy atom. The van der Waals surface area contributed by atoms with Gasteiger partial charge in [0.15, 0.2) is 0 Å². The first-order valence-corrected chi connectivity index (χ1v) is 10.2. The van der Waals surface area contributed by atoms with E-state index in [-0.39, 0.29) is 11.3 Å². The van der Waals surface area contributed by atoms with Crippen LogP contribution in [0.3, 0.4) is 0 Å². The molecular formula is C16H14BrCl2NO4S. The average Bonchev–Trinajstić information content (AvgIpc) is 2.47. The van der Waals surface area contributed by atoms with Gasteiger partial charge in [-0.25, -0.2) is 13.1 Å². The molecule has 134 valence electrons. The number of benzene rings is 2. The van der Waals surface area contributed by atoms with E-state index in [1.54, 1.807) is 12.1 Å². The van der Waals surface area contributed by atoms with Gasteiger partial charge in [0, 0.05) is 10.0 Å². The monoisotopic (exact) mass is 465 g/mol. The van der Waals surface area contributed by atoms with Crippen molar-refractivity contribution in [1.82, 2.24) is 4.72 Å². The van der Waals surface area contributed by atoms with Crippen LogP contribution in [0.5, 0.6) is 5.75 Å². The SMILES string of the molecule is CCOc1ccc(S(=O)(=O)NC(=O)Cc2cc(Cl)cc(Cl)c2)cc1Br. The summed E-state index contributed by atoms with van der Waals surface area (Å²) in [6.07, 6.45) is -0.169. The van der Waals surface area contributed by atoms with Crippen LogP contribution in [0, 0.1) is 0 Å². The third kappa shape index (κ3) is 5.60. The van der Waals surface area contributed by atoms with E-state index in [9.17, 15) is 13.2 Å². The van der Waals surface area contributed by atoms with Gasteiger partial charge in [0.25, 0.3) is 10.0 Å². The van der Waals surface area contributed by atoms with E-state index in [1.165, 1.54) is 24.3 Å². The van der Waals surface area contributed by atoms with E-state index in [0.717, 1.165) is 0 Å². The molecule has 5 nitrogen and oxygen atoms in total. The first-order valence-electron chi connectivity index (χ1n) is 7.14. The van der Waals surface area contributed by atoms with E-state index < -0.39 is 15.9 Å². The van der Waals surface area contributed by atoms with Gasteiger partial charge in [0.05, 0.1) is 22.4 Å². The third-order valence-electron chi connectivity index (χ3n) is 3.05. The van der Waals surface area contributed by atoms with Gasteiger partial charge in [0.1, 0.15) is 5.75 Å². The molecule has 0 saturated heterocycles. The van der Waals surface area contributed by atoms with E-state index in [1.807, 2.05) is 11.6 Å². The van der Waals surface area contributed by atoms with E-state index >= 15 is 0 Å². The summed E-state index contributed by atoms with van der Waals surface area (Å²) in [6.45, 7) is 2.27. The molecule has 2 aromatic rings. The van der Waals surface area contributed by atoms with Crippen LogP contribution < -0.4 is 9.46 Å². The Kier molecular flexibility index (Phi) is 6.73. The molecule has 0 fully saturated rings. The second kappa shape index (κ2) is 8.40. The molecule has 0 saturated carbocycles. The van der Waals surface area contributed by atoms with Crippen LogP contribution in [-0.2, 0) is 21.2 Å². The Morgan fingerprint density at radius 3 is 2.36 bits per heavy atom. The second-order valence-electron chi connectivity index (χ2n) is 5.01. The fourth-order valence-electron chi connectivity index (χ4n) is 2.06. The first kappa shape index (κ1) is 20.0. The summed E-state index contributed by atoms with van der Waals surface area (Å²) in [7, 11) is -4.01. The molecule has 0 radical (unpaired) electrons. The quantitative estimate of drug-likeness (QED) is 0.692. The number of rotatable bonds is 6. The molecule has 0 heterocycles. The van der Waals surface area contributed by atoms with Crippen LogP contribution in [0.25, 0.3) is 0 Å². The number of carbonyl (C=O) groups is 1. The number of halogens is 3. The van der Waals surface area contributed by atoms with Crippen molar-refractivity contribution in [2.45, 2.75) is 18.2 Å². The Hall–Kier alpha value is -1.28. The molecule has 0 spiro atoms. The highest BCUT2D eigenvalue weighted by molar-refractivity contribution is 9.10. The van der Waals surface area contributed by atoms with E-state index in [0.29, 0.717) is 32.4 Å². The van der Waals surface area contributed by atoms with Crippen molar-refractivity contribution < 1.29 is 17.9 Å². The number of nitrogens with one attached hydrogen (secondary N) is 1.